The topological polar surface area (TPSA) is 150 Å². The number of primary amides is 1. The minimum absolute atomic E-state index is 0.0671. The zero-order valence-corrected chi connectivity index (χ0v) is 12.8. The molecule has 0 spiro atoms. The Morgan fingerprint density at radius 3 is 2.64 bits per heavy atom. The van der Waals surface area contributed by atoms with E-state index >= 15 is 0 Å². The number of aliphatic hydroxyl groups is 2. The highest BCUT2D eigenvalue weighted by molar-refractivity contribution is 9.10. The third kappa shape index (κ3) is 1.99. The SMILES string of the molecule is [CH2][C@@H]1O[C@H](n2c(Br)c(C(N)=O)c3c(N)ncnc32)[C@@H](O)[C@@H]1O. The number of ether oxygens (including phenoxy) is 1. The largest absolute Gasteiger partial charge is 0.388 e. The number of nitrogen functional groups attached to an aromatic ring is 1. The second kappa shape index (κ2) is 5.16. The number of aliphatic hydroxyl groups excluding tert-OH is 2. The molecule has 9 nitrogen and oxygen atoms in total. The summed E-state index contributed by atoms with van der Waals surface area (Å²) in [6.45, 7) is 3.60. The number of nitrogens with zero attached hydrogens (tertiary/aromatic N) is 3. The van der Waals surface area contributed by atoms with Crippen LogP contribution in [-0.2, 0) is 4.74 Å². The Kier molecular flexibility index (Phi) is 3.56. The number of amides is 1. The monoisotopic (exact) mass is 370 g/mol. The predicted molar refractivity (Wildman–Crippen MR) is 79.4 cm³/mol. The number of hydrogen-bond acceptors (Lipinski definition) is 7. The number of fused-ring (bicyclic) bond motifs is 1. The van der Waals surface area contributed by atoms with Gasteiger partial charge < -0.3 is 26.4 Å². The van der Waals surface area contributed by atoms with Gasteiger partial charge in [0.15, 0.2) is 6.23 Å². The molecule has 2 aromatic rings. The molecule has 4 atom stereocenters. The summed E-state index contributed by atoms with van der Waals surface area (Å²) in [6.07, 6.45) is -3.06. The van der Waals surface area contributed by atoms with Gasteiger partial charge in [-0.25, -0.2) is 9.97 Å². The van der Waals surface area contributed by atoms with Crippen LogP contribution in [0, 0.1) is 6.92 Å². The highest BCUT2D eigenvalue weighted by Gasteiger charge is 2.43. The molecule has 6 N–H and O–H groups in total. The van der Waals surface area contributed by atoms with E-state index < -0.39 is 30.4 Å². The maximum atomic E-state index is 11.7. The summed E-state index contributed by atoms with van der Waals surface area (Å²) in [5.74, 6) is -0.672. The molecule has 2 aromatic heterocycles. The third-order valence-corrected chi connectivity index (χ3v) is 4.37. The van der Waals surface area contributed by atoms with Crippen LogP contribution < -0.4 is 11.5 Å². The zero-order valence-electron chi connectivity index (χ0n) is 11.2. The molecular formula is C12H13BrN5O4. The number of rotatable bonds is 2. The van der Waals surface area contributed by atoms with Crippen molar-refractivity contribution in [2.24, 2.45) is 5.73 Å². The number of hydrogen-bond donors (Lipinski definition) is 4. The fourth-order valence-corrected chi connectivity index (χ4v) is 3.29. The lowest BCUT2D eigenvalue weighted by Crippen LogP contribution is -2.30. The number of carbonyl (C=O) groups excluding carboxylic acids is 1. The van der Waals surface area contributed by atoms with Crippen molar-refractivity contribution in [3.63, 3.8) is 0 Å². The van der Waals surface area contributed by atoms with Gasteiger partial charge >= 0.3 is 0 Å². The number of anilines is 1. The first-order chi connectivity index (χ1) is 10.3. The Morgan fingerprint density at radius 1 is 1.41 bits per heavy atom. The molecule has 3 rings (SSSR count). The summed E-state index contributed by atoms with van der Waals surface area (Å²) in [5, 5.41) is 20.2. The van der Waals surface area contributed by atoms with Gasteiger partial charge in [-0.05, 0) is 22.9 Å². The zero-order chi connectivity index (χ0) is 16.2. The van der Waals surface area contributed by atoms with Crippen LogP contribution in [0.25, 0.3) is 11.0 Å². The Hall–Kier alpha value is -1.75. The Bertz CT molecular complexity index is 764. The summed E-state index contributed by atoms with van der Waals surface area (Å²) in [5.41, 5.74) is 11.5. The van der Waals surface area contributed by atoms with Crippen LogP contribution >= 0.6 is 15.9 Å². The van der Waals surface area contributed by atoms with Gasteiger partial charge in [0, 0.05) is 0 Å². The van der Waals surface area contributed by atoms with Gasteiger partial charge in [0.25, 0.3) is 5.91 Å². The molecule has 0 aromatic carbocycles. The average molecular weight is 371 g/mol. The number of aromatic nitrogens is 3. The molecule has 1 amide bonds. The van der Waals surface area contributed by atoms with Crippen molar-refractivity contribution in [1.82, 2.24) is 14.5 Å². The maximum absolute atomic E-state index is 11.7. The van der Waals surface area contributed by atoms with Crippen LogP contribution in [0.15, 0.2) is 10.9 Å². The van der Waals surface area contributed by atoms with Crippen molar-refractivity contribution >= 4 is 38.7 Å². The minimum Gasteiger partial charge on any atom is -0.388 e. The van der Waals surface area contributed by atoms with E-state index in [1.54, 1.807) is 0 Å². The normalized spacial score (nSPS) is 28.4. The van der Waals surface area contributed by atoms with Gasteiger partial charge in [-0.15, -0.1) is 0 Å². The van der Waals surface area contributed by atoms with E-state index in [0.717, 1.165) is 0 Å². The fraction of sp³-hybridized carbons (Fsp3) is 0.333. The molecule has 1 fully saturated rings. The Balaban J connectivity index is 2.29. The average Bonchev–Trinajstić information content (AvgIpc) is 2.88. The highest BCUT2D eigenvalue weighted by atomic mass is 79.9. The molecule has 1 aliphatic rings. The van der Waals surface area contributed by atoms with Crippen molar-refractivity contribution in [3.8, 4) is 0 Å². The quantitative estimate of drug-likeness (QED) is 0.547. The Morgan fingerprint density at radius 2 is 2.09 bits per heavy atom. The summed E-state index contributed by atoms with van der Waals surface area (Å²) in [4.78, 5) is 19.6. The van der Waals surface area contributed by atoms with Crippen LogP contribution in [-0.4, -0.2) is 49.0 Å². The fourth-order valence-electron chi connectivity index (χ4n) is 2.53. The molecule has 10 heteroatoms. The van der Waals surface area contributed by atoms with E-state index in [4.69, 9.17) is 16.2 Å². The van der Waals surface area contributed by atoms with Crippen LogP contribution in [0.3, 0.4) is 0 Å². The molecule has 1 aliphatic heterocycles. The van der Waals surface area contributed by atoms with E-state index in [0.29, 0.717) is 0 Å². The van der Waals surface area contributed by atoms with Crippen LogP contribution in [0.4, 0.5) is 5.82 Å². The van der Waals surface area contributed by atoms with Gasteiger partial charge in [-0.2, -0.15) is 0 Å². The van der Waals surface area contributed by atoms with Crippen LogP contribution in [0.2, 0.25) is 0 Å². The number of carbonyl (C=O) groups is 1. The lowest BCUT2D eigenvalue weighted by molar-refractivity contribution is -0.0259. The summed E-state index contributed by atoms with van der Waals surface area (Å²) in [7, 11) is 0. The smallest absolute Gasteiger partial charge is 0.252 e. The summed E-state index contributed by atoms with van der Waals surface area (Å²) < 4.78 is 7.09. The summed E-state index contributed by atoms with van der Waals surface area (Å²) >= 11 is 3.25. The molecule has 0 aliphatic carbocycles. The van der Waals surface area contributed by atoms with Crippen LogP contribution in [0.5, 0.6) is 0 Å². The van der Waals surface area contributed by atoms with Crippen LogP contribution in [0.1, 0.15) is 16.6 Å². The molecule has 22 heavy (non-hydrogen) atoms. The second-order valence-corrected chi connectivity index (χ2v) is 5.66. The molecule has 1 radical (unpaired) electrons. The number of nitrogens with two attached hydrogens (primary N) is 2. The van der Waals surface area contributed by atoms with Crippen molar-refractivity contribution in [3.05, 3.63) is 23.4 Å². The van der Waals surface area contributed by atoms with Crippen molar-refractivity contribution in [1.29, 1.82) is 0 Å². The minimum atomic E-state index is -1.26. The molecule has 0 bridgehead atoms. The lowest BCUT2D eigenvalue weighted by Gasteiger charge is -2.18. The molecule has 117 valence electrons. The van der Waals surface area contributed by atoms with Crippen molar-refractivity contribution in [2.45, 2.75) is 24.5 Å². The standard InChI is InChI=1S/C12H13BrN5O4/c1-3-6(19)7(20)12(22-3)18-8(13)4(10(15)21)5-9(14)16-2-17-11(5)18/h2-3,6-7,12,19-20H,1H2,(H2,15,21)(H2,14,16,17)/t3-,6+,7-,12-/m0/s1. The molecule has 0 saturated carbocycles. The van der Waals surface area contributed by atoms with E-state index in [1.165, 1.54) is 10.9 Å². The van der Waals surface area contributed by atoms with E-state index in [1.807, 2.05) is 0 Å². The number of halogens is 1. The molecular weight excluding hydrogens is 358 g/mol. The first-order valence-corrected chi connectivity index (χ1v) is 7.08. The molecule has 1 saturated heterocycles. The van der Waals surface area contributed by atoms with Crippen molar-refractivity contribution < 1.29 is 19.7 Å². The lowest BCUT2D eigenvalue weighted by atomic mass is 10.1. The van der Waals surface area contributed by atoms with E-state index in [9.17, 15) is 15.0 Å². The summed E-state index contributed by atoms with van der Waals surface area (Å²) in [6, 6.07) is 0. The van der Waals surface area contributed by atoms with E-state index in [2.05, 4.69) is 32.8 Å². The van der Waals surface area contributed by atoms with Gasteiger partial charge in [0.05, 0.1) is 17.1 Å². The van der Waals surface area contributed by atoms with Crippen molar-refractivity contribution in [2.75, 3.05) is 5.73 Å². The molecule has 0 unspecified atom stereocenters. The van der Waals surface area contributed by atoms with E-state index in [-0.39, 0.29) is 27.0 Å². The maximum Gasteiger partial charge on any atom is 0.252 e. The highest BCUT2D eigenvalue weighted by Crippen LogP contribution is 2.39. The Labute approximate surface area is 133 Å². The predicted octanol–water partition coefficient (Wildman–Crippen LogP) is -0.672. The second-order valence-electron chi connectivity index (χ2n) is 4.90. The van der Waals surface area contributed by atoms with Gasteiger partial charge in [-0.1, -0.05) is 0 Å². The van der Waals surface area contributed by atoms with Gasteiger partial charge in [0.2, 0.25) is 0 Å². The van der Waals surface area contributed by atoms with Gasteiger partial charge in [-0.3, -0.25) is 9.36 Å². The first kappa shape index (κ1) is 15.2. The molecule has 3 heterocycles. The first-order valence-electron chi connectivity index (χ1n) is 6.29. The third-order valence-electron chi connectivity index (χ3n) is 3.59. The van der Waals surface area contributed by atoms with Gasteiger partial charge in [0.1, 0.15) is 34.6 Å².